The molecule has 27 heavy (non-hydrogen) atoms. The van der Waals surface area contributed by atoms with Gasteiger partial charge in [0.1, 0.15) is 17.8 Å². The monoisotopic (exact) mass is 395 g/mol. The van der Waals surface area contributed by atoms with Crippen LogP contribution in [0.5, 0.6) is 0 Å². The fourth-order valence-electron chi connectivity index (χ4n) is 4.21. The van der Waals surface area contributed by atoms with Crippen molar-refractivity contribution in [3.63, 3.8) is 0 Å². The van der Waals surface area contributed by atoms with E-state index in [1.807, 2.05) is 19.3 Å². The first-order valence-electron chi connectivity index (χ1n) is 9.52. The summed E-state index contributed by atoms with van der Waals surface area (Å²) in [6, 6.07) is 2.25. The third-order valence-electron chi connectivity index (χ3n) is 6.06. The normalized spacial score (nSPS) is 24.8. The summed E-state index contributed by atoms with van der Waals surface area (Å²) in [5.41, 5.74) is 0.807. The minimum Gasteiger partial charge on any atom is -0.356 e. The van der Waals surface area contributed by atoms with Gasteiger partial charge < -0.3 is 9.88 Å². The van der Waals surface area contributed by atoms with E-state index < -0.39 is 10.0 Å². The largest absolute Gasteiger partial charge is 0.356 e. The topological polar surface area (TPSA) is 82.2 Å². The van der Waals surface area contributed by atoms with E-state index in [-0.39, 0.29) is 30.3 Å². The first-order valence-corrected chi connectivity index (χ1v) is 11.1. The lowest BCUT2D eigenvalue weighted by molar-refractivity contribution is 0.228. The molecule has 0 amide bonds. The Morgan fingerprint density at radius 3 is 2.70 bits per heavy atom. The van der Waals surface area contributed by atoms with Gasteiger partial charge in [-0.2, -0.15) is 0 Å². The number of piperidine rings is 1. The average molecular weight is 396 g/mol. The Kier molecular flexibility index (Phi) is 5.07. The molecule has 9 heteroatoms. The van der Waals surface area contributed by atoms with Crippen molar-refractivity contribution >= 4 is 26.9 Å². The number of aromatic nitrogens is 3. The van der Waals surface area contributed by atoms with Crippen LogP contribution in [-0.2, 0) is 10.0 Å². The van der Waals surface area contributed by atoms with Crippen LogP contribution in [0.25, 0.3) is 11.0 Å². The number of fused-ring (bicyclic) bond motifs is 1. The van der Waals surface area contributed by atoms with Crippen LogP contribution in [0, 0.1) is 11.8 Å². The zero-order valence-electron chi connectivity index (χ0n) is 15.5. The van der Waals surface area contributed by atoms with E-state index in [0.717, 1.165) is 29.7 Å². The van der Waals surface area contributed by atoms with E-state index in [9.17, 15) is 12.8 Å². The van der Waals surface area contributed by atoms with Crippen LogP contribution in [0.1, 0.15) is 25.7 Å². The number of hydrogen-bond donors (Lipinski definition) is 1. The van der Waals surface area contributed by atoms with Gasteiger partial charge in [-0.1, -0.05) is 0 Å². The number of rotatable bonds is 6. The number of hydrogen-bond acceptors (Lipinski definition) is 5. The standard InChI is InChI=1S/C18H26FN5O2S/c1-23(18-16-2-5-20-17(16)21-12-22-18)15-8-14(9-15)11-27(25,26)24-6-3-13(10-19)4-7-24/h2,5,12-15H,3-4,6-11H2,1H3,(H,20,21,22)/t14-,15+. The molecule has 0 atom stereocenters. The minimum absolute atomic E-state index is 0.0244. The molecule has 148 valence electrons. The highest BCUT2D eigenvalue weighted by atomic mass is 32.2. The van der Waals surface area contributed by atoms with Crippen LogP contribution in [0.4, 0.5) is 10.2 Å². The van der Waals surface area contributed by atoms with Crippen molar-refractivity contribution in [3.05, 3.63) is 18.6 Å². The van der Waals surface area contributed by atoms with Crippen LogP contribution in [0.2, 0.25) is 0 Å². The Morgan fingerprint density at radius 2 is 2.00 bits per heavy atom. The van der Waals surface area contributed by atoms with E-state index >= 15 is 0 Å². The molecule has 1 aliphatic carbocycles. The van der Waals surface area contributed by atoms with Crippen LogP contribution in [0.3, 0.4) is 0 Å². The lowest BCUT2D eigenvalue weighted by Gasteiger charge is -2.42. The SMILES string of the molecule is CN(c1ncnc2[nH]ccc12)[C@H]1C[C@@H](CS(=O)(=O)N2CCC(CF)CC2)C1. The summed E-state index contributed by atoms with van der Waals surface area (Å²) < 4.78 is 39.6. The molecule has 2 aromatic rings. The molecule has 2 aliphatic rings. The Balaban J connectivity index is 1.33. The first-order chi connectivity index (χ1) is 13.0. The van der Waals surface area contributed by atoms with Crippen LogP contribution < -0.4 is 4.90 Å². The van der Waals surface area contributed by atoms with Crippen molar-refractivity contribution in [1.29, 1.82) is 0 Å². The maximum Gasteiger partial charge on any atom is 0.214 e. The molecule has 1 N–H and O–H groups in total. The summed E-state index contributed by atoms with van der Waals surface area (Å²) in [7, 11) is -1.25. The summed E-state index contributed by atoms with van der Waals surface area (Å²) >= 11 is 0. The predicted octanol–water partition coefficient (Wildman–Crippen LogP) is 2.18. The van der Waals surface area contributed by atoms with Crippen LogP contribution in [0.15, 0.2) is 18.6 Å². The highest BCUT2D eigenvalue weighted by molar-refractivity contribution is 7.89. The van der Waals surface area contributed by atoms with Gasteiger partial charge in [0, 0.05) is 32.4 Å². The van der Waals surface area contributed by atoms with Gasteiger partial charge in [0.25, 0.3) is 0 Å². The van der Waals surface area contributed by atoms with Crippen LogP contribution >= 0.6 is 0 Å². The maximum atomic E-state index is 12.7. The molecule has 0 radical (unpaired) electrons. The molecule has 0 bridgehead atoms. The maximum absolute atomic E-state index is 12.7. The predicted molar refractivity (Wildman–Crippen MR) is 103 cm³/mol. The number of halogens is 1. The average Bonchev–Trinajstić information content (AvgIpc) is 3.12. The zero-order chi connectivity index (χ0) is 19.0. The van der Waals surface area contributed by atoms with E-state index in [2.05, 4.69) is 19.9 Å². The molecule has 0 spiro atoms. The van der Waals surface area contributed by atoms with Gasteiger partial charge in [0.15, 0.2) is 0 Å². The van der Waals surface area contributed by atoms with Crippen molar-refractivity contribution in [2.24, 2.45) is 11.8 Å². The molecule has 2 aromatic heterocycles. The summed E-state index contributed by atoms with van der Waals surface area (Å²) in [6.07, 6.45) is 6.34. The van der Waals surface area contributed by atoms with E-state index in [1.165, 1.54) is 0 Å². The van der Waals surface area contributed by atoms with Gasteiger partial charge >= 0.3 is 0 Å². The van der Waals surface area contributed by atoms with Crippen molar-refractivity contribution in [2.75, 3.05) is 37.5 Å². The molecular weight excluding hydrogens is 369 g/mol. The molecule has 1 saturated heterocycles. The van der Waals surface area contributed by atoms with E-state index in [0.29, 0.717) is 25.9 Å². The Bertz CT molecular complexity index is 888. The lowest BCUT2D eigenvalue weighted by Crippen LogP contribution is -2.48. The summed E-state index contributed by atoms with van der Waals surface area (Å²) in [5.74, 6) is 1.27. The van der Waals surface area contributed by atoms with Gasteiger partial charge in [-0.15, -0.1) is 0 Å². The first kappa shape index (κ1) is 18.6. The van der Waals surface area contributed by atoms with Gasteiger partial charge in [0.2, 0.25) is 10.0 Å². The van der Waals surface area contributed by atoms with Crippen molar-refractivity contribution < 1.29 is 12.8 Å². The highest BCUT2D eigenvalue weighted by Gasteiger charge is 2.38. The smallest absolute Gasteiger partial charge is 0.214 e. The number of aromatic amines is 1. The molecule has 4 rings (SSSR count). The van der Waals surface area contributed by atoms with Crippen molar-refractivity contribution in [3.8, 4) is 0 Å². The second-order valence-electron chi connectivity index (χ2n) is 7.81. The van der Waals surface area contributed by atoms with E-state index in [4.69, 9.17) is 0 Å². The Labute approximate surface area is 159 Å². The second-order valence-corrected chi connectivity index (χ2v) is 9.83. The molecule has 0 unspecified atom stereocenters. The number of nitrogens with zero attached hydrogens (tertiary/aromatic N) is 4. The van der Waals surface area contributed by atoms with Crippen LogP contribution in [-0.4, -0.2) is 66.3 Å². The van der Waals surface area contributed by atoms with Crippen molar-refractivity contribution in [2.45, 2.75) is 31.7 Å². The van der Waals surface area contributed by atoms with Gasteiger partial charge in [-0.3, -0.25) is 4.39 Å². The summed E-state index contributed by atoms with van der Waals surface area (Å²) in [6.45, 7) is 0.570. The van der Waals surface area contributed by atoms with Gasteiger partial charge in [-0.05, 0) is 43.6 Å². The Morgan fingerprint density at radius 1 is 1.26 bits per heavy atom. The number of anilines is 1. The second kappa shape index (κ2) is 7.35. The molecular formula is C18H26FN5O2S. The Hall–Kier alpha value is -1.74. The number of sulfonamides is 1. The lowest BCUT2D eigenvalue weighted by atomic mass is 9.81. The van der Waals surface area contributed by atoms with Crippen molar-refractivity contribution in [1.82, 2.24) is 19.3 Å². The third kappa shape index (κ3) is 3.67. The zero-order valence-corrected chi connectivity index (χ0v) is 16.3. The number of nitrogens with one attached hydrogen (secondary N) is 1. The van der Waals surface area contributed by atoms with E-state index in [1.54, 1.807) is 10.6 Å². The molecule has 1 saturated carbocycles. The number of alkyl halides is 1. The fourth-order valence-corrected chi connectivity index (χ4v) is 6.06. The van der Waals surface area contributed by atoms with Gasteiger partial charge in [0.05, 0.1) is 17.8 Å². The third-order valence-corrected chi connectivity index (χ3v) is 8.10. The molecule has 7 nitrogen and oxygen atoms in total. The molecule has 2 fully saturated rings. The summed E-state index contributed by atoms with van der Waals surface area (Å²) in [5, 5.41) is 0.979. The molecule has 1 aliphatic heterocycles. The fraction of sp³-hybridized carbons (Fsp3) is 0.667. The minimum atomic E-state index is -3.25. The molecule has 0 aromatic carbocycles. The quantitative estimate of drug-likeness (QED) is 0.811. The summed E-state index contributed by atoms with van der Waals surface area (Å²) in [4.78, 5) is 13.8. The van der Waals surface area contributed by atoms with Gasteiger partial charge in [-0.25, -0.2) is 22.7 Å². The highest BCUT2D eigenvalue weighted by Crippen LogP contribution is 2.36. The number of H-pyrrole nitrogens is 1. The molecule has 3 heterocycles.